The predicted molar refractivity (Wildman–Crippen MR) is 79.6 cm³/mol. The molecule has 0 aliphatic carbocycles. The highest BCUT2D eigenvalue weighted by atomic mass is 35.5. The highest BCUT2D eigenvalue weighted by Gasteiger charge is 2.22. The number of halogens is 2. The van der Waals surface area contributed by atoms with Gasteiger partial charge in [0.2, 0.25) is 0 Å². The quantitative estimate of drug-likeness (QED) is 0.914. The first-order valence-electron chi connectivity index (χ1n) is 6.42. The van der Waals surface area contributed by atoms with E-state index in [4.69, 9.17) is 22.1 Å². The van der Waals surface area contributed by atoms with Crippen molar-refractivity contribution >= 4 is 11.6 Å². The van der Waals surface area contributed by atoms with E-state index in [0.29, 0.717) is 16.3 Å². The summed E-state index contributed by atoms with van der Waals surface area (Å²) in [5.41, 5.74) is 7.29. The highest BCUT2D eigenvalue weighted by Crippen LogP contribution is 2.29. The van der Waals surface area contributed by atoms with E-state index in [1.807, 2.05) is 6.92 Å². The molecule has 2 aromatic carbocycles. The van der Waals surface area contributed by atoms with E-state index >= 15 is 0 Å². The Hall–Kier alpha value is -1.58. The molecule has 0 spiro atoms. The summed E-state index contributed by atoms with van der Waals surface area (Å²) in [5, 5.41) is 0.637. The van der Waals surface area contributed by atoms with Crippen LogP contribution >= 0.6 is 11.6 Å². The van der Waals surface area contributed by atoms with Crippen LogP contribution in [-0.2, 0) is 0 Å². The van der Waals surface area contributed by atoms with E-state index < -0.39 is 6.10 Å². The van der Waals surface area contributed by atoms with Gasteiger partial charge in [-0.05, 0) is 43.7 Å². The molecule has 0 amide bonds. The van der Waals surface area contributed by atoms with E-state index in [-0.39, 0.29) is 11.9 Å². The molecule has 2 unspecified atom stereocenters. The van der Waals surface area contributed by atoms with E-state index in [0.717, 1.165) is 5.56 Å². The summed E-state index contributed by atoms with van der Waals surface area (Å²) in [6, 6.07) is 11.5. The Balaban J connectivity index is 2.33. The zero-order valence-corrected chi connectivity index (χ0v) is 12.2. The molecule has 2 rings (SSSR count). The van der Waals surface area contributed by atoms with Gasteiger partial charge in [0.25, 0.3) is 0 Å². The molecule has 0 radical (unpaired) electrons. The number of rotatable bonds is 4. The predicted octanol–water partition coefficient (Wildman–Crippen LogP) is 4.25. The molecule has 0 aliphatic rings. The van der Waals surface area contributed by atoms with Crippen molar-refractivity contribution in [1.82, 2.24) is 0 Å². The van der Waals surface area contributed by atoms with Crippen LogP contribution < -0.4 is 10.5 Å². The lowest BCUT2D eigenvalue weighted by atomic mass is 10.0. The third-order valence-corrected chi connectivity index (χ3v) is 3.32. The average Bonchev–Trinajstić information content (AvgIpc) is 2.39. The molecular formula is C16H17ClFNO. The Morgan fingerprint density at radius 2 is 1.90 bits per heavy atom. The maximum Gasteiger partial charge on any atom is 0.141 e. The molecule has 2 atom stereocenters. The van der Waals surface area contributed by atoms with Crippen LogP contribution in [-0.4, -0.2) is 6.04 Å². The lowest BCUT2D eigenvalue weighted by molar-refractivity contribution is 0.174. The van der Waals surface area contributed by atoms with Crippen LogP contribution in [0.15, 0.2) is 42.5 Å². The number of hydrogen-bond acceptors (Lipinski definition) is 2. The molecule has 0 aliphatic heterocycles. The molecule has 0 aromatic heterocycles. The van der Waals surface area contributed by atoms with Crippen molar-refractivity contribution in [3.05, 3.63) is 64.4 Å². The van der Waals surface area contributed by atoms with Crippen LogP contribution in [0.5, 0.6) is 5.75 Å². The molecule has 2 N–H and O–H groups in total. The highest BCUT2D eigenvalue weighted by molar-refractivity contribution is 6.30. The normalized spacial score (nSPS) is 13.8. The minimum Gasteiger partial charge on any atom is -0.484 e. The molecule has 0 heterocycles. The van der Waals surface area contributed by atoms with Crippen LogP contribution in [0.1, 0.15) is 24.2 Å². The smallest absolute Gasteiger partial charge is 0.141 e. The molecule has 106 valence electrons. The van der Waals surface area contributed by atoms with E-state index in [9.17, 15) is 4.39 Å². The zero-order chi connectivity index (χ0) is 14.7. The van der Waals surface area contributed by atoms with Gasteiger partial charge in [-0.3, -0.25) is 0 Å². The SMILES string of the molecule is Cc1cc(Cl)ccc1OC(c1ccccc1F)C(C)N. The van der Waals surface area contributed by atoms with E-state index in [1.165, 1.54) is 6.07 Å². The number of nitrogens with two attached hydrogens (primary N) is 1. The van der Waals surface area contributed by atoms with Crippen molar-refractivity contribution in [3.8, 4) is 5.75 Å². The van der Waals surface area contributed by atoms with Crippen LogP contribution in [0.2, 0.25) is 5.02 Å². The van der Waals surface area contributed by atoms with Gasteiger partial charge < -0.3 is 10.5 Å². The Kier molecular flexibility index (Phi) is 4.63. The van der Waals surface area contributed by atoms with Crippen molar-refractivity contribution in [2.24, 2.45) is 5.73 Å². The lowest BCUT2D eigenvalue weighted by Crippen LogP contribution is -2.30. The van der Waals surface area contributed by atoms with Gasteiger partial charge in [-0.1, -0.05) is 29.8 Å². The fourth-order valence-electron chi connectivity index (χ4n) is 2.04. The Morgan fingerprint density at radius 1 is 1.20 bits per heavy atom. The molecule has 2 nitrogen and oxygen atoms in total. The minimum absolute atomic E-state index is 0.318. The number of hydrogen-bond donors (Lipinski definition) is 1. The van der Waals surface area contributed by atoms with Crippen molar-refractivity contribution in [2.75, 3.05) is 0 Å². The third-order valence-electron chi connectivity index (χ3n) is 3.08. The van der Waals surface area contributed by atoms with E-state index in [2.05, 4.69) is 0 Å². The number of aryl methyl sites for hydroxylation is 1. The zero-order valence-electron chi connectivity index (χ0n) is 11.4. The summed E-state index contributed by atoms with van der Waals surface area (Å²) in [5.74, 6) is 0.335. The summed E-state index contributed by atoms with van der Waals surface area (Å²) < 4.78 is 19.8. The topological polar surface area (TPSA) is 35.2 Å². The first-order chi connectivity index (χ1) is 9.49. The van der Waals surface area contributed by atoms with Gasteiger partial charge in [0.1, 0.15) is 17.7 Å². The molecule has 4 heteroatoms. The van der Waals surface area contributed by atoms with Gasteiger partial charge in [0.15, 0.2) is 0 Å². The molecule has 0 bridgehead atoms. The van der Waals surface area contributed by atoms with Gasteiger partial charge in [-0.25, -0.2) is 4.39 Å². The van der Waals surface area contributed by atoms with Gasteiger partial charge in [0, 0.05) is 16.6 Å². The molecule has 0 fully saturated rings. The summed E-state index contributed by atoms with van der Waals surface area (Å²) >= 11 is 5.92. The molecular weight excluding hydrogens is 277 g/mol. The second-order valence-electron chi connectivity index (χ2n) is 4.83. The summed E-state index contributed by atoms with van der Waals surface area (Å²) in [4.78, 5) is 0. The minimum atomic E-state index is -0.545. The first kappa shape index (κ1) is 14.8. The summed E-state index contributed by atoms with van der Waals surface area (Å²) in [7, 11) is 0. The van der Waals surface area contributed by atoms with Gasteiger partial charge in [0.05, 0.1) is 0 Å². The summed E-state index contributed by atoms with van der Waals surface area (Å²) in [6.45, 7) is 3.68. The second-order valence-corrected chi connectivity index (χ2v) is 5.27. The maximum absolute atomic E-state index is 13.9. The molecule has 0 saturated carbocycles. The fraction of sp³-hybridized carbons (Fsp3) is 0.250. The monoisotopic (exact) mass is 293 g/mol. The van der Waals surface area contributed by atoms with Gasteiger partial charge in [-0.15, -0.1) is 0 Å². The lowest BCUT2D eigenvalue weighted by Gasteiger charge is -2.24. The number of benzene rings is 2. The van der Waals surface area contributed by atoms with E-state index in [1.54, 1.807) is 43.3 Å². The maximum atomic E-state index is 13.9. The van der Waals surface area contributed by atoms with Crippen LogP contribution in [0.4, 0.5) is 4.39 Å². The van der Waals surface area contributed by atoms with Crippen LogP contribution in [0.3, 0.4) is 0 Å². The summed E-state index contributed by atoms with van der Waals surface area (Å²) in [6.07, 6.45) is -0.545. The fourth-order valence-corrected chi connectivity index (χ4v) is 2.27. The Labute approximate surface area is 123 Å². The van der Waals surface area contributed by atoms with Gasteiger partial charge in [-0.2, -0.15) is 0 Å². The van der Waals surface area contributed by atoms with Crippen molar-refractivity contribution < 1.29 is 9.13 Å². The van der Waals surface area contributed by atoms with Gasteiger partial charge >= 0.3 is 0 Å². The molecule has 20 heavy (non-hydrogen) atoms. The Morgan fingerprint density at radius 3 is 2.50 bits per heavy atom. The van der Waals surface area contributed by atoms with Crippen molar-refractivity contribution in [1.29, 1.82) is 0 Å². The standard InChI is InChI=1S/C16H17ClFNO/c1-10-9-12(17)7-8-15(10)20-16(11(2)19)13-5-3-4-6-14(13)18/h3-9,11,16H,19H2,1-2H3. The molecule has 2 aromatic rings. The average molecular weight is 294 g/mol. The number of ether oxygens (including phenoxy) is 1. The molecule has 0 saturated heterocycles. The third kappa shape index (κ3) is 3.30. The van der Waals surface area contributed by atoms with Crippen LogP contribution in [0, 0.1) is 12.7 Å². The first-order valence-corrected chi connectivity index (χ1v) is 6.79. The largest absolute Gasteiger partial charge is 0.484 e. The van der Waals surface area contributed by atoms with Crippen LogP contribution in [0.25, 0.3) is 0 Å². The van der Waals surface area contributed by atoms with Crippen molar-refractivity contribution in [2.45, 2.75) is 26.0 Å². The van der Waals surface area contributed by atoms with Crippen molar-refractivity contribution in [3.63, 3.8) is 0 Å². The Bertz CT molecular complexity index is 601. The second kappa shape index (κ2) is 6.25.